The third-order valence-electron chi connectivity index (χ3n) is 8.30. The standard InChI is InChI=1S/C33H34N4O14S/c1-15(38)46-14-21-24(47-16(2)39)27(48-17(3)40)23(37-29(41)19-12-8-9-13-20(19)30(37)42)32(49-21)50-26-22(35-36-34)25(45-4)28(31(43)44)51-33(26)52-18-10-6-5-7-11-18/h5-13,21-28,32-33H,14H2,1-4H3,(H,43,44)/t21-,22+,23-,24-,25+,26-,27-,28+,32+,33+/m1/s1. The lowest BCUT2D eigenvalue weighted by Gasteiger charge is -2.50. The first-order valence-corrected chi connectivity index (χ1v) is 16.7. The van der Waals surface area contributed by atoms with E-state index in [9.17, 15) is 39.4 Å². The molecule has 10 atom stereocenters. The second kappa shape index (κ2) is 16.5. The molecule has 52 heavy (non-hydrogen) atoms. The molecule has 276 valence electrons. The van der Waals surface area contributed by atoms with Gasteiger partial charge in [-0.2, -0.15) is 0 Å². The third kappa shape index (κ3) is 8.04. The Bertz CT molecular complexity index is 1720. The normalized spacial score (nSPS) is 29.7. The molecule has 1 N–H and O–H groups in total. The number of amides is 2. The molecule has 0 aliphatic carbocycles. The first-order valence-electron chi connectivity index (χ1n) is 15.8. The van der Waals surface area contributed by atoms with Gasteiger partial charge in [0.2, 0.25) is 0 Å². The summed E-state index contributed by atoms with van der Waals surface area (Å²) in [7, 11) is 1.18. The maximum atomic E-state index is 14.0. The predicted octanol–water partition coefficient (Wildman–Crippen LogP) is 2.48. The van der Waals surface area contributed by atoms with Crippen LogP contribution in [0, 0.1) is 0 Å². The third-order valence-corrected chi connectivity index (χ3v) is 9.46. The van der Waals surface area contributed by atoms with E-state index in [0.717, 1.165) is 37.4 Å². The van der Waals surface area contributed by atoms with Gasteiger partial charge in [0.15, 0.2) is 24.6 Å². The molecule has 3 aliphatic heterocycles. The Morgan fingerprint density at radius 3 is 2.00 bits per heavy atom. The molecule has 0 aromatic heterocycles. The number of carboxylic acids is 1. The molecule has 5 rings (SSSR count). The Balaban J connectivity index is 1.67. The molecule has 2 fully saturated rings. The second-order valence-electron chi connectivity index (χ2n) is 11.7. The lowest BCUT2D eigenvalue weighted by atomic mass is 9.93. The van der Waals surface area contributed by atoms with Gasteiger partial charge >= 0.3 is 23.9 Å². The molecule has 2 saturated heterocycles. The molecule has 0 radical (unpaired) electrons. The van der Waals surface area contributed by atoms with Gasteiger partial charge in [-0.15, -0.1) is 0 Å². The van der Waals surface area contributed by atoms with Crippen LogP contribution in [0.5, 0.6) is 0 Å². The van der Waals surface area contributed by atoms with Crippen LogP contribution in [-0.2, 0) is 52.3 Å². The van der Waals surface area contributed by atoms with Crippen molar-refractivity contribution in [3.05, 3.63) is 76.2 Å². The number of carboxylic acid groups (broad SMARTS) is 1. The fraction of sp³-hybridized carbons (Fsp3) is 0.455. The Kier molecular flexibility index (Phi) is 12.1. The van der Waals surface area contributed by atoms with E-state index in [2.05, 4.69) is 10.0 Å². The second-order valence-corrected chi connectivity index (χ2v) is 12.9. The van der Waals surface area contributed by atoms with Crippen molar-refractivity contribution in [3.8, 4) is 0 Å². The minimum absolute atomic E-state index is 0.00751. The highest BCUT2D eigenvalue weighted by molar-refractivity contribution is 7.99. The van der Waals surface area contributed by atoms with Gasteiger partial charge in [0.1, 0.15) is 36.4 Å². The number of nitrogens with zero attached hydrogens (tertiary/aromatic N) is 4. The van der Waals surface area contributed by atoms with Crippen LogP contribution < -0.4 is 0 Å². The van der Waals surface area contributed by atoms with E-state index in [0.29, 0.717) is 4.90 Å². The summed E-state index contributed by atoms with van der Waals surface area (Å²) in [5.41, 5.74) is 8.38. The molecule has 3 aliphatic rings. The number of benzene rings is 2. The number of methoxy groups -OCH3 is 1. The summed E-state index contributed by atoms with van der Waals surface area (Å²) in [5, 5.41) is 13.9. The van der Waals surface area contributed by atoms with Gasteiger partial charge in [-0.25, -0.2) is 4.79 Å². The molecule has 18 nitrogen and oxygen atoms in total. The van der Waals surface area contributed by atoms with Crippen LogP contribution in [0.15, 0.2) is 64.6 Å². The molecule has 0 unspecified atom stereocenters. The van der Waals surface area contributed by atoms with Gasteiger partial charge in [-0.1, -0.05) is 47.2 Å². The Hall–Kier alpha value is -5.04. The number of carbonyl (C=O) groups is 6. The molecule has 2 aromatic rings. The number of fused-ring (bicyclic) bond motifs is 1. The molecular weight excluding hydrogens is 708 g/mol. The van der Waals surface area contributed by atoms with Crippen LogP contribution in [0.2, 0.25) is 0 Å². The first-order chi connectivity index (χ1) is 24.9. The van der Waals surface area contributed by atoms with Crippen molar-refractivity contribution >= 4 is 47.5 Å². The van der Waals surface area contributed by atoms with Gasteiger partial charge in [0.25, 0.3) is 11.8 Å². The smallest absolute Gasteiger partial charge is 0.335 e. The van der Waals surface area contributed by atoms with E-state index >= 15 is 0 Å². The number of thioether (sulfide) groups is 1. The first kappa shape index (κ1) is 38.2. The average molecular weight is 743 g/mol. The van der Waals surface area contributed by atoms with Crippen LogP contribution in [0.25, 0.3) is 10.4 Å². The van der Waals surface area contributed by atoms with Crippen molar-refractivity contribution in [1.82, 2.24) is 4.90 Å². The van der Waals surface area contributed by atoms with Gasteiger partial charge in [-0.3, -0.25) is 28.9 Å². The van der Waals surface area contributed by atoms with E-state index in [1.165, 1.54) is 31.4 Å². The Morgan fingerprint density at radius 2 is 1.46 bits per heavy atom. The molecular formula is C33H34N4O14S. The van der Waals surface area contributed by atoms with E-state index in [4.69, 9.17) is 33.2 Å². The highest BCUT2D eigenvalue weighted by Gasteiger charge is 2.59. The topological polar surface area (TPSA) is 239 Å². The Morgan fingerprint density at radius 1 is 0.865 bits per heavy atom. The molecule has 3 heterocycles. The average Bonchev–Trinajstić information content (AvgIpc) is 3.35. The molecule has 19 heteroatoms. The molecule has 2 amide bonds. The summed E-state index contributed by atoms with van der Waals surface area (Å²) in [6.45, 7) is 2.64. The monoisotopic (exact) mass is 742 g/mol. The van der Waals surface area contributed by atoms with E-state index < -0.39 is 103 Å². The highest BCUT2D eigenvalue weighted by atomic mass is 32.2. The van der Waals surface area contributed by atoms with E-state index in [1.54, 1.807) is 30.3 Å². The molecule has 0 spiro atoms. The zero-order valence-electron chi connectivity index (χ0n) is 28.1. The van der Waals surface area contributed by atoms with Crippen LogP contribution >= 0.6 is 11.8 Å². The number of imide groups is 1. The van der Waals surface area contributed by atoms with Crippen LogP contribution in [0.1, 0.15) is 41.5 Å². The largest absolute Gasteiger partial charge is 0.479 e. The summed E-state index contributed by atoms with van der Waals surface area (Å²) < 4.78 is 40.7. The van der Waals surface area contributed by atoms with Gasteiger partial charge in [0, 0.05) is 37.7 Å². The fourth-order valence-electron chi connectivity index (χ4n) is 6.25. The number of carbonyl (C=O) groups excluding carboxylic acids is 5. The van der Waals surface area contributed by atoms with E-state index in [1.807, 2.05) is 0 Å². The van der Waals surface area contributed by atoms with Crippen molar-refractivity contribution in [2.45, 2.75) is 86.1 Å². The van der Waals surface area contributed by atoms with Crippen molar-refractivity contribution in [2.75, 3.05) is 13.7 Å². The minimum atomic E-state index is -1.82. The summed E-state index contributed by atoms with van der Waals surface area (Å²) in [6, 6.07) is 11.4. The maximum Gasteiger partial charge on any atom is 0.335 e. The van der Waals surface area contributed by atoms with Gasteiger partial charge < -0.3 is 38.3 Å². The Labute approximate surface area is 300 Å². The van der Waals surface area contributed by atoms with Crippen LogP contribution in [0.3, 0.4) is 0 Å². The van der Waals surface area contributed by atoms with Crippen molar-refractivity contribution in [2.24, 2.45) is 5.11 Å². The molecule has 2 aromatic carbocycles. The zero-order chi connectivity index (χ0) is 37.7. The number of esters is 3. The SMILES string of the molecule is CO[C@H]1[C@H](N=[N+]=[N-])[C@@H](O[C@@H]2O[C@H](COC(C)=O)[C@@H](OC(C)=O)[C@H](OC(C)=O)[C@H]2N2C(=O)c3ccccc3C2=O)[C@H](Sc2ccccc2)O[C@@H]1C(=O)O. The van der Waals surface area contributed by atoms with Crippen LogP contribution in [0.4, 0.5) is 0 Å². The lowest BCUT2D eigenvalue weighted by Crippen LogP contribution is -2.69. The maximum absolute atomic E-state index is 14.0. The summed E-state index contributed by atoms with van der Waals surface area (Å²) in [4.78, 5) is 81.6. The van der Waals surface area contributed by atoms with Crippen molar-refractivity contribution < 1.29 is 67.0 Å². The van der Waals surface area contributed by atoms with E-state index in [-0.39, 0.29) is 11.1 Å². The molecule has 0 saturated carbocycles. The fourth-order valence-corrected chi connectivity index (χ4v) is 7.37. The number of hydrogen-bond acceptors (Lipinski definition) is 15. The summed E-state index contributed by atoms with van der Waals surface area (Å²) >= 11 is 1.01. The van der Waals surface area contributed by atoms with Crippen LogP contribution in [-0.4, -0.2) is 120 Å². The number of hydrogen-bond donors (Lipinski definition) is 1. The van der Waals surface area contributed by atoms with Gasteiger partial charge in [-0.05, 0) is 29.8 Å². The number of azide groups is 1. The minimum Gasteiger partial charge on any atom is -0.479 e. The lowest BCUT2D eigenvalue weighted by molar-refractivity contribution is -0.310. The van der Waals surface area contributed by atoms with Crippen molar-refractivity contribution in [1.29, 1.82) is 0 Å². The summed E-state index contributed by atoms with van der Waals surface area (Å²) in [5.74, 6) is -5.62. The summed E-state index contributed by atoms with van der Waals surface area (Å²) in [6.07, 6.45) is -11.0. The number of rotatable bonds is 12. The number of ether oxygens (including phenoxy) is 7. The highest BCUT2D eigenvalue weighted by Crippen LogP contribution is 2.41. The quantitative estimate of drug-likeness (QED) is 0.0821. The predicted molar refractivity (Wildman–Crippen MR) is 174 cm³/mol. The molecule has 0 bridgehead atoms. The number of aliphatic carboxylic acids is 1. The van der Waals surface area contributed by atoms with Crippen molar-refractivity contribution in [3.63, 3.8) is 0 Å². The zero-order valence-corrected chi connectivity index (χ0v) is 28.9. The van der Waals surface area contributed by atoms with Gasteiger partial charge in [0.05, 0.1) is 17.2 Å².